The largest absolute Gasteiger partial charge is 0.308 e. The van der Waals surface area contributed by atoms with Crippen LogP contribution in [0.1, 0.15) is 5.69 Å². The van der Waals surface area contributed by atoms with Gasteiger partial charge < -0.3 is 4.57 Å². The van der Waals surface area contributed by atoms with E-state index in [1.54, 1.807) is 12.1 Å². The quantitative estimate of drug-likeness (QED) is 0.672. The number of benzene rings is 1. The van der Waals surface area contributed by atoms with Gasteiger partial charge in [0.05, 0.1) is 24.3 Å². The van der Waals surface area contributed by atoms with E-state index in [4.69, 9.17) is 18.2 Å². The number of fused-ring (bicyclic) bond motifs is 1. The Hall–Kier alpha value is -2.52. The lowest BCUT2D eigenvalue weighted by atomic mass is 10.3. The summed E-state index contributed by atoms with van der Waals surface area (Å²) >= 11 is 5.99. The summed E-state index contributed by atoms with van der Waals surface area (Å²) in [5, 5.41) is 0.0468. The summed E-state index contributed by atoms with van der Waals surface area (Å²) in [7, 11) is 0. The average Bonchev–Trinajstić information content (AvgIpc) is 2.77. The monoisotopic (exact) mass is 304 g/mol. The van der Waals surface area contributed by atoms with E-state index in [-0.39, 0.29) is 22.9 Å². The van der Waals surface area contributed by atoms with Gasteiger partial charge in [-0.05, 0) is 17.7 Å². The van der Waals surface area contributed by atoms with Crippen molar-refractivity contribution in [3.63, 3.8) is 0 Å². The van der Waals surface area contributed by atoms with Crippen LogP contribution in [0.4, 0.5) is 14.5 Å². The molecule has 0 aliphatic carbocycles. The molecule has 0 aliphatic rings. The van der Waals surface area contributed by atoms with Gasteiger partial charge in [-0.15, -0.1) is 0 Å². The smallest absolute Gasteiger partial charge is 0.205 e. The first kappa shape index (κ1) is 13.5. The van der Waals surface area contributed by atoms with E-state index in [2.05, 4.69) is 14.8 Å². The summed E-state index contributed by atoms with van der Waals surface area (Å²) in [6, 6.07) is 5.21. The average molecular weight is 305 g/mol. The Kier molecular flexibility index (Phi) is 3.28. The molecule has 4 nitrogen and oxygen atoms in total. The highest BCUT2D eigenvalue weighted by molar-refractivity contribution is 6.29. The van der Waals surface area contributed by atoms with Gasteiger partial charge in [0.1, 0.15) is 11.3 Å². The second kappa shape index (κ2) is 5.11. The number of pyridine rings is 1. The molecule has 2 heterocycles. The zero-order valence-electron chi connectivity index (χ0n) is 10.5. The maximum atomic E-state index is 13.7. The van der Waals surface area contributed by atoms with Crippen molar-refractivity contribution >= 4 is 28.3 Å². The molecule has 0 saturated heterocycles. The summed E-state index contributed by atoms with van der Waals surface area (Å²) < 4.78 is 28.5. The van der Waals surface area contributed by atoms with Crippen molar-refractivity contribution in [1.29, 1.82) is 0 Å². The normalized spacial score (nSPS) is 10.8. The third-order valence-electron chi connectivity index (χ3n) is 2.98. The molecule has 21 heavy (non-hydrogen) atoms. The fourth-order valence-electron chi connectivity index (χ4n) is 2.01. The van der Waals surface area contributed by atoms with Crippen molar-refractivity contribution in [2.24, 2.45) is 0 Å². The zero-order chi connectivity index (χ0) is 15.0. The molecular weight excluding hydrogens is 298 g/mol. The Morgan fingerprint density at radius 3 is 2.76 bits per heavy atom. The molecule has 0 spiro atoms. The lowest BCUT2D eigenvalue weighted by Gasteiger charge is -2.05. The van der Waals surface area contributed by atoms with Crippen LogP contribution < -0.4 is 0 Å². The van der Waals surface area contributed by atoms with Gasteiger partial charge in [-0.2, -0.15) is 0 Å². The number of halogens is 3. The van der Waals surface area contributed by atoms with Crippen LogP contribution in [0.2, 0.25) is 5.28 Å². The van der Waals surface area contributed by atoms with E-state index >= 15 is 0 Å². The Balaban J connectivity index is 2.07. The van der Waals surface area contributed by atoms with Crippen LogP contribution in [0.25, 0.3) is 15.9 Å². The summed E-state index contributed by atoms with van der Waals surface area (Å²) in [4.78, 5) is 11.2. The van der Waals surface area contributed by atoms with Crippen LogP contribution >= 0.6 is 11.6 Å². The molecular formula is C14H7ClF2N4. The standard InChI is InChI=1S/C14H7ClF2N4/c1-18-9-2-3-10(19-6-9)7-21-12-5-8(16)4-11(17)13(12)20-14(21)15/h2-6H,7H2. The van der Waals surface area contributed by atoms with E-state index < -0.39 is 11.6 Å². The van der Waals surface area contributed by atoms with E-state index in [1.165, 1.54) is 16.8 Å². The summed E-state index contributed by atoms with van der Waals surface area (Å²) in [5.41, 5.74) is 1.29. The first-order valence-electron chi connectivity index (χ1n) is 5.91. The summed E-state index contributed by atoms with van der Waals surface area (Å²) in [5.74, 6) is -1.46. The van der Waals surface area contributed by atoms with Crippen molar-refractivity contribution in [1.82, 2.24) is 14.5 Å². The van der Waals surface area contributed by atoms with Crippen molar-refractivity contribution in [3.05, 3.63) is 64.5 Å². The Morgan fingerprint density at radius 2 is 2.10 bits per heavy atom. The molecule has 7 heteroatoms. The number of rotatable bonds is 2. The minimum atomic E-state index is -0.762. The fraction of sp³-hybridized carbons (Fsp3) is 0.0714. The summed E-state index contributed by atoms with van der Waals surface area (Å²) in [6.45, 7) is 7.07. The van der Waals surface area contributed by atoms with E-state index in [0.29, 0.717) is 11.4 Å². The van der Waals surface area contributed by atoms with E-state index in [1.807, 2.05) is 0 Å². The lowest BCUT2D eigenvalue weighted by Crippen LogP contribution is -2.01. The van der Waals surface area contributed by atoms with Crippen LogP contribution in [0.3, 0.4) is 0 Å². The molecule has 0 unspecified atom stereocenters. The molecule has 0 saturated carbocycles. The third kappa shape index (κ3) is 2.43. The molecule has 0 atom stereocenters. The minimum absolute atomic E-state index is 0.0131. The van der Waals surface area contributed by atoms with Crippen LogP contribution in [-0.4, -0.2) is 14.5 Å². The van der Waals surface area contributed by atoms with Gasteiger partial charge in [-0.1, -0.05) is 6.07 Å². The van der Waals surface area contributed by atoms with Crippen LogP contribution in [0.5, 0.6) is 0 Å². The van der Waals surface area contributed by atoms with Gasteiger partial charge in [0, 0.05) is 18.3 Å². The number of hydrogen-bond donors (Lipinski definition) is 0. The number of imidazole rings is 1. The van der Waals surface area contributed by atoms with Crippen molar-refractivity contribution < 1.29 is 8.78 Å². The minimum Gasteiger partial charge on any atom is -0.308 e. The second-order valence-electron chi connectivity index (χ2n) is 4.34. The second-order valence-corrected chi connectivity index (χ2v) is 4.68. The van der Waals surface area contributed by atoms with Gasteiger partial charge in [0.2, 0.25) is 11.0 Å². The molecule has 0 aliphatic heterocycles. The first-order valence-corrected chi connectivity index (χ1v) is 6.29. The number of aromatic nitrogens is 3. The maximum absolute atomic E-state index is 13.7. The maximum Gasteiger partial charge on any atom is 0.205 e. The summed E-state index contributed by atoms with van der Waals surface area (Å²) in [6.07, 6.45) is 1.43. The molecule has 0 radical (unpaired) electrons. The fourth-order valence-corrected chi connectivity index (χ4v) is 2.24. The van der Waals surface area contributed by atoms with Gasteiger partial charge in [0.25, 0.3) is 0 Å². The molecule has 2 aromatic heterocycles. The van der Waals surface area contributed by atoms with Crippen molar-refractivity contribution in [2.75, 3.05) is 0 Å². The van der Waals surface area contributed by atoms with Gasteiger partial charge in [-0.3, -0.25) is 4.98 Å². The van der Waals surface area contributed by atoms with Crippen molar-refractivity contribution in [2.45, 2.75) is 6.54 Å². The van der Waals surface area contributed by atoms with Crippen LogP contribution in [0, 0.1) is 18.2 Å². The Labute approximate surface area is 123 Å². The Bertz CT molecular complexity index is 865. The number of nitrogens with zero attached hydrogens (tertiary/aromatic N) is 4. The van der Waals surface area contributed by atoms with Crippen LogP contribution in [-0.2, 0) is 6.54 Å². The SMILES string of the molecule is [C-]#[N+]c1ccc(Cn2c(Cl)nc3c(F)cc(F)cc32)nc1. The molecule has 0 bridgehead atoms. The molecule has 0 N–H and O–H groups in total. The first-order chi connectivity index (χ1) is 10.1. The predicted octanol–water partition coefficient (Wildman–Crippen LogP) is 3.96. The lowest BCUT2D eigenvalue weighted by molar-refractivity contribution is 0.590. The molecule has 0 amide bonds. The molecule has 3 aromatic rings. The zero-order valence-corrected chi connectivity index (χ0v) is 11.3. The highest BCUT2D eigenvalue weighted by atomic mass is 35.5. The van der Waals surface area contributed by atoms with E-state index in [0.717, 1.165) is 6.07 Å². The van der Waals surface area contributed by atoms with Gasteiger partial charge in [-0.25, -0.2) is 18.6 Å². The molecule has 1 aromatic carbocycles. The van der Waals surface area contributed by atoms with Gasteiger partial charge in [0.15, 0.2) is 5.82 Å². The van der Waals surface area contributed by atoms with Gasteiger partial charge >= 0.3 is 0 Å². The third-order valence-corrected chi connectivity index (χ3v) is 3.27. The molecule has 104 valence electrons. The highest BCUT2D eigenvalue weighted by Gasteiger charge is 2.15. The van der Waals surface area contributed by atoms with Crippen molar-refractivity contribution in [3.8, 4) is 0 Å². The molecule has 3 rings (SSSR count). The van der Waals surface area contributed by atoms with Crippen LogP contribution in [0.15, 0.2) is 30.5 Å². The Morgan fingerprint density at radius 1 is 1.29 bits per heavy atom. The number of hydrogen-bond acceptors (Lipinski definition) is 2. The topological polar surface area (TPSA) is 35.1 Å². The molecule has 0 fully saturated rings. The van der Waals surface area contributed by atoms with E-state index in [9.17, 15) is 8.78 Å². The highest BCUT2D eigenvalue weighted by Crippen LogP contribution is 2.24. The predicted molar refractivity (Wildman–Crippen MR) is 74.3 cm³/mol.